The van der Waals surface area contributed by atoms with Gasteiger partial charge in [-0.3, -0.25) is 10.2 Å². The summed E-state index contributed by atoms with van der Waals surface area (Å²) in [7, 11) is 0. The molecule has 4 nitrogen and oxygen atoms in total. The normalized spacial score (nSPS) is 18.9. The molecule has 1 atom stereocenters. The fourth-order valence-electron chi connectivity index (χ4n) is 1.69. The van der Waals surface area contributed by atoms with Crippen LogP contribution in [0.5, 0.6) is 0 Å². The predicted octanol–water partition coefficient (Wildman–Crippen LogP) is 1.87. The smallest absolute Gasteiger partial charge is 0.225 e. The Morgan fingerprint density at radius 1 is 1.47 bits per heavy atom. The van der Waals surface area contributed by atoms with Crippen LogP contribution in [0.3, 0.4) is 0 Å². The molecule has 17 heavy (non-hydrogen) atoms. The number of hydrogen-bond donors (Lipinski definition) is 2. The standard InChI is InChI=1S/C12H13BrN2O2/c13-9-3-1-8(2-4-9)7-11(16)15-10-5-6-17-12(10)14/h1-4,10,14H,5-7H2,(H,15,16)/t10-/m0/s1. The van der Waals surface area contributed by atoms with E-state index < -0.39 is 0 Å². The lowest BCUT2D eigenvalue weighted by atomic mass is 10.1. The highest BCUT2D eigenvalue weighted by atomic mass is 79.9. The van der Waals surface area contributed by atoms with Crippen LogP contribution in [-0.2, 0) is 16.0 Å². The SMILES string of the molecule is N=C1OCC[C@@H]1NC(=O)Cc1ccc(Br)cc1. The first-order valence-corrected chi connectivity index (χ1v) is 6.19. The van der Waals surface area contributed by atoms with E-state index in [2.05, 4.69) is 21.2 Å². The summed E-state index contributed by atoms with van der Waals surface area (Å²) >= 11 is 3.35. The minimum absolute atomic E-state index is 0.0763. The van der Waals surface area contributed by atoms with E-state index in [-0.39, 0.29) is 17.8 Å². The molecule has 1 fully saturated rings. The molecule has 0 saturated carbocycles. The van der Waals surface area contributed by atoms with Crippen molar-refractivity contribution in [3.8, 4) is 0 Å². The van der Waals surface area contributed by atoms with Crippen molar-refractivity contribution in [3.63, 3.8) is 0 Å². The molecule has 1 aromatic carbocycles. The zero-order chi connectivity index (χ0) is 12.3. The lowest BCUT2D eigenvalue weighted by Crippen LogP contribution is -2.38. The average molecular weight is 297 g/mol. The van der Waals surface area contributed by atoms with Gasteiger partial charge in [-0.1, -0.05) is 28.1 Å². The molecular weight excluding hydrogens is 284 g/mol. The maximum atomic E-state index is 11.7. The largest absolute Gasteiger partial charge is 0.480 e. The number of carbonyl (C=O) groups is 1. The summed E-state index contributed by atoms with van der Waals surface area (Å²) in [5, 5.41) is 10.3. The lowest BCUT2D eigenvalue weighted by Gasteiger charge is -2.10. The van der Waals surface area contributed by atoms with Gasteiger partial charge in [0.25, 0.3) is 0 Å². The second kappa shape index (κ2) is 5.31. The molecule has 90 valence electrons. The molecule has 0 radical (unpaired) electrons. The maximum absolute atomic E-state index is 11.7. The van der Waals surface area contributed by atoms with Crippen molar-refractivity contribution in [1.29, 1.82) is 5.41 Å². The Balaban J connectivity index is 1.88. The van der Waals surface area contributed by atoms with Crippen molar-refractivity contribution in [2.45, 2.75) is 18.9 Å². The van der Waals surface area contributed by atoms with E-state index in [0.717, 1.165) is 10.0 Å². The summed E-state index contributed by atoms with van der Waals surface area (Å²) in [5.74, 6) is 0.0849. The lowest BCUT2D eigenvalue weighted by molar-refractivity contribution is -0.120. The maximum Gasteiger partial charge on any atom is 0.225 e. The van der Waals surface area contributed by atoms with Crippen LogP contribution in [0.15, 0.2) is 28.7 Å². The minimum atomic E-state index is -0.252. The number of amides is 1. The summed E-state index contributed by atoms with van der Waals surface area (Å²) in [6, 6.07) is 7.37. The van der Waals surface area contributed by atoms with Gasteiger partial charge in [0.1, 0.15) is 6.04 Å². The van der Waals surface area contributed by atoms with Gasteiger partial charge in [0, 0.05) is 10.9 Å². The Bertz CT molecular complexity index is 431. The van der Waals surface area contributed by atoms with Crippen molar-refractivity contribution in [1.82, 2.24) is 5.32 Å². The summed E-state index contributed by atoms with van der Waals surface area (Å²) < 4.78 is 5.99. The molecule has 0 spiro atoms. The van der Waals surface area contributed by atoms with Crippen molar-refractivity contribution < 1.29 is 9.53 Å². The zero-order valence-electron chi connectivity index (χ0n) is 9.20. The van der Waals surface area contributed by atoms with Gasteiger partial charge in [-0.25, -0.2) is 0 Å². The van der Waals surface area contributed by atoms with E-state index in [9.17, 15) is 4.79 Å². The summed E-state index contributed by atoms with van der Waals surface area (Å²) in [5.41, 5.74) is 0.955. The molecule has 0 unspecified atom stereocenters. The van der Waals surface area contributed by atoms with E-state index in [0.29, 0.717) is 19.4 Å². The van der Waals surface area contributed by atoms with Gasteiger partial charge in [-0.15, -0.1) is 0 Å². The molecular formula is C12H13BrN2O2. The number of halogens is 1. The van der Waals surface area contributed by atoms with E-state index in [1.807, 2.05) is 24.3 Å². The van der Waals surface area contributed by atoms with Crippen LogP contribution >= 0.6 is 15.9 Å². The second-order valence-corrected chi connectivity index (χ2v) is 4.84. The molecule has 1 saturated heterocycles. The van der Waals surface area contributed by atoms with Crippen LogP contribution in [0, 0.1) is 5.41 Å². The van der Waals surface area contributed by atoms with Crippen LogP contribution in [0.1, 0.15) is 12.0 Å². The third-order valence-corrected chi connectivity index (χ3v) is 3.12. The fourth-order valence-corrected chi connectivity index (χ4v) is 1.95. The van der Waals surface area contributed by atoms with E-state index >= 15 is 0 Å². The van der Waals surface area contributed by atoms with Gasteiger partial charge in [0.15, 0.2) is 0 Å². The molecule has 0 bridgehead atoms. The van der Waals surface area contributed by atoms with Crippen molar-refractivity contribution in [3.05, 3.63) is 34.3 Å². The first-order valence-electron chi connectivity index (χ1n) is 5.40. The van der Waals surface area contributed by atoms with Crippen molar-refractivity contribution in [2.75, 3.05) is 6.61 Å². The number of benzene rings is 1. The fraction of sp³-hybridized carbons (Fsp3) is 0.333. The number of hydrogen-bond acceptors (Lipinski definition) is 3. The molecule has 0 aliphatic carbocycles. The first-order chi connectivity index (χ1) is 8.15. The Kier molecular flexibility index (Phi) is 3.78. The number of nitrogens with one attached hydrogen (secondary N) is 2. The zero-order valence-corrected chi connectivity index (χ0v) is 10.8. The third kappa shape index (κ3) is 3.30. The van der Waals surface area contributed by atoms with Gasteiger partial charge in [-0.2, -0.15) is 0 Å². The number of rotatable bonds is 3. The van der Waals surface area contributed by atoms with Crippen LogP contribution < -0.4 is 5.32 Å². The van der Waals surface area contributed by atoms with Crippen molar-refractivity contribution in [2.24, 2.45) is 0 Å². The molecule has 0 aromatic heterocycles. The highest BCUT2D eigenvalue weighted by molar-refractivity contribution is 9.10. The quantitative estimate of drug-likeness (QED) is 0.894. The topological polar surface area (TPSA) is 62.2 Å². The summed E-state index contributed by atoms with van der Waals surface area (Å²) in [6.45, 7) is 0.516. The monoisotopic (exact) mass is 296 g/mol. The summed E-state index contributed by atoms with van der Waals surface area (Å²) in [4.78, 5) is 11.7. The molecule has 1 aromatic rings. The van der Waals surface area contributed by atoms with E-state index in [4.69, 9.17) is 10.1 Å². The van der Waals surface area contributed by atoms with E-state index in [1.54, 1.807) is 0 Å². The van der Waals surface area contributed by atoms with Gasteiger partial charge >= 0.3 is 0 Å². The Hall–Kier alpha value is -1.36. The Labute approximate surface area is 108 Å². The van der Waals surface area contributed by atoms with Crippen LogP contribution in [-0.4, -0.2) is 24.5 Å². The van der Waals surface area contributed by atoms with Gasteiger partial charge < -0.3 is 10.1 Å². The molecule has 1 heterocycles. The molecule has 2 N–H and O–H groups in total. The molecule has 1 amide bonds. The second-order valence-electron chi connectivity index (χ2n) is 3.92. The highest BCUT2D eigenvalue weighted by Gasteiger charge is 2.24. The minimum Gasteiger partial charge on any atom is -0.480 e. The molecule has 1 aliphatic heterocycles. The van der Waals surface area contributed by atoms with Crippen LogP contribution in [0.25, 0.3) is 0 Å². The van der Waals surface area contributed by atoms with Crippen molar-refractivity contribution >= 4 is 27.7 Å². The van der Waals surface area contributed by atoms with Gasteiger partial charge in [0.05, 0.1) is 13.0 Å². The third-order valence-electron chi connectivity index (χ3n) is 2.59. The Morgan fingerprint density at radius 3 is 2.76 bits per heavy atom. The Morgan fingerprint density at radius 2 is 2.18 bits per heavy atom. The predicted molar refractivity (Wildman–Crippen MR) is 68.1 cm³/mol. The molecule has 5 heteroatoms. The van der Waals surface area contributed by atoms with Crippen LogP contribution in [0.4, 0.5) is 0 Å². The van der Waals surface area contributed by atoms with Gasteiger partial charge in [0.2, 0.25) is 11.8 Å². The summed E-state index contributed by atoms with van der Waals surface area (Å²) in [6.07, 6.45) is 1.02. The molecule has 2 rings (SSSR count). The first kappa shape index (κ1) is 12.1. The van der Waals surface area contributed by atoms with Gasteiger partial charge in [-0.05, 0) is 17.7 Å². The molecule has 1 aliphatic rings. The van der Waals surface area contributed by atoms with Crippen LogP contribution in [0.2, 0.25) is 0 Å². The highest BCUT2D eigenvalue weighted by Crippen LogP contribution is 2.11. The average Bonchev–Trinajstić information content (AvgIpc) is 2.68. The van der Waals surface area contributed by atoms with E-state index in [1.165, 1.54) is 0 Å². The number of ether oxygens (including phenoxy) is 1. The number of carbonyl (C=O) groups excluding carboxylic acids is 1.